The van der Waals surface area contributed by atoms with E-state index < -0.39 is 0 Å². The van der Waals surface area contributed by atoms with Gasteiger partial charge in [-0.25, -0.2) is 0 Å². The summed E-state index contributed by atoms with van der Waals surface area (Å²) in [6.07, 6.45) is 5.86. The van der Waals surface area contributed by atoms with Crippen LogP contribution in [-0.4, -0.2) is 16.7 Å². The number of ether oxygens (including phenoxy) is 1. The SMILES string of the molecule is O=C(C=Cc1ccc(O)cc1)CC(=O)C=Cc1ccc(Oc2ccccc2)cc1. The van der Waals surface area contributed by atoms with Gasteiger partial charge in [-0.1, -0.05) is 54.6 Å². The summed E-state index contributed by atoms with van der Waals surface area (Å²) in [5, 5.41) is 9.24. The molecule has 0 spiro atoms. The summed E-state index contributed by atoms with van der Waals surface area (Å²) in [4.78, 5) is 23.9. The van der Waals surface area contributed by atoms with Gasteiger partial charge < -0.3 is 9.84 Å². The van der Waals surface area contributed by atoms with Crippen LogP contribution in [0.1, 0.15) is 17.5 Å². The molecule has 0 fully saturated rings. The molecule has 4 heteroatoms. The summed E-state index contributed by atoms with van der Waals surface area (Å²) in [5.41, 5.74) is 1.61. The van der Waals surface area contributed by atoms with Crippen molar-refractivity contribution in [2.24, 2.45) is 0 Å². The summed E-state index contributed by atoms with van der Waals surface area (Å²) in [6.45, 7) is 0. The number of hydrogen-bond donors (Lipinski definition) is 1. The standard InChI is InChI=1S/C25H20O4/c26-21-12-6-19(7-13-21)8-14-22(27)18-23(28)15-9-20-10-16-25(17-11-20)29-24-4-2-1-3-5-24/h1-17,26H,18H2. The molecule has 0 amide bonds. The molecule has 0 unspecified atom stereocenters. The topological polar surface area (TPSA) is 63.6 Å². The molecule has 0 aliphatic heterocycles. The lowest BCUT2D eigenvalue weighted by atomic mass is 10.1. The van der Waals surface area contributed by atoms with E-state index >= 15 is 0 Å². The van der Waals surface area contributed by atoms with Crippen molar-refractivity contribution >= 4 is 23.7 Å². The third-order valence-electron chi connectivity index (χ3n) is 4.02. The molecule has 0 radical (unpaired) electrons. The molecule has 1 N–H and O–H groups in total. The lowest BCUT2D eigenvalue weighted by molar-refractivity contribution is -0.121. The highest BCUT2D eigenvalue weighted by atomic mass is 16.5. The van der Waals surface area contributed by atoms with Crippen LogP contribution in [0, 0.1) is 0 Å². The Kier molecular flexibility index (Phi) is 6.74. The first-order chi connectivity index (χ1) is 14.1. The van der Waals surface area contributed by atoms with Crippen LogP contribution in [0.25, 0.3) is 12.2 Å². The largest absolute Gasteiger partial charge is 0.508 e. The summed E-state index contributed by atoms with van der Waals surface area (Å²) in [7, 11) is 0. The molecule has 29 heavy (non-hydrogen) atoms. The average Bonchev–Trinajstić information content (AvgIpc) is 2.74. The molecule has 144 valence electrons. The second kappa shape index (κ2) is 9.85. The maximum absolute atomic E-state index is 12.0. The minimum Gasteiger partial charge on any atom is -0.508 e. The average molecular weight is 384 g/mol. The lowest BCUT2D eigenvalue weighted by Gasteiger charge is -2.05. The van der Waals surface area contributed by atoms with Crippen LogP contribution in [0.4, 0.5) is 0 Å². The number of phenolic OH excluding ortho intramolecular Hbond substituents is 1. The summed E-state index contributed by atoms with van der Waals surface area (Å²) in [6, 6.07) is 23.2. The van der Waals surface area contributed by atoms with E-state index in [-0.39, 0.29) is 23.7 Å². The first-order valence-electron chi connectivity index (χ1n) is 9.12. The van der Waals surface area contributed by atoms with Gasteiger partial charge in [-0.15, -0.1) is 0 Å². The van der Waals surface area contributed by atoms with Crippen molar-refractivity contribution in [1.29, 1.82) is 0 Å². The fraction of sp³-hybridized carbons (Fsp3) is 0.0400. The number of allylic oxidation sites excluding steroid dienone is 2. The predicted octanol–water partition coefficient (Wildman–Crippen LogP) is 5.44. The monoisotopic (exact) mass is 384 g/mol. The first-order valence-corrected chi connectivity index (χ1v) is 9.12. The predicted molar refractivity (Wildman–Crippen MR) is 114 cm³/mol. The van der Waals surface area contributed by atoms with E-state index in [1.165, 1.54) is 24.3 Å². The van der Waals surface area contributed by atoms with E-state index in [0.29, 0.717) is 5.75 Å². The highest BCUT2D eigenvalue weighted by Crippen LogP contribution is 2.21. The first kappa shape index (κ1) is 19.8. The van der Waals surface area contributed by atoms with Crippen molar-refractivity contribution in [2.45, 2.75) is 6.42 Å². The van der Waals surface area contributed by atoms with E-state index in [1.807, 2.05) is 54.6 Å². The van der Waals surface area contributed by atoms with E-state index in [1.54, 1.807) is 24.3 Å². The van der Waals surface area contributed by atoms with Crippen molar-refractivity contribution in [3.63, 3.8) is 0 Å². The van der Waals surface area contributed by atoms with Gasteiger partial charge in [0.2, 0.25) is 0 Å². The zero-order valence-corrected chi connectivity index (χ0v) is 15.7. The number of carbonyl (C=O) groups excluding carboxylic acids is 2. The van der Waals surface area contributed by atoms with Gasteiger partial charge in [0, 0.05) is 0 Å². The van der Waals surface area contributed by atoms with Gasteiger partial charge in [0.15, 0.2) is 11.6 Å². The van der Waals surface area contributed by atoms with Crippen molar-refractivity contribution in [3.05, 3.63) is 102 Å². The number of para-hydroxylation sites is 1. The van der Waals surface area contributed by atoms with Gasteiger partial charge in [-0.2, -0.15) is 0 Å². The van der Waals surface area contributed by atoms with Crippen LogP contribution in [0.15, 0.2) is 91.0 Å². The number of aromatic hydroxyl groups is 1. The number of phenols is 1. The van der Waals surface area contributed by atoms with Gasteiger partial charge in [-0.05, 0) is 59.7 Å². The van der Waals surface area contributed by atoms with E-state index in [0.717, 1.165) is 16.9 Å². The summed E-state index contributed by atoms with van der Waals surface area (Å²) in [5.74, 6) is 1.07. The Morgan fingerprint density at radius 1 is 0.690 bits per heavy atom. The molecule has 4 nitrogen and oxygen atoms in total. The van der Waals surface area contributed by atoms with Crippen molar-refractivity contribution < 1.29 is 19.4 Å². The van der Waals surface area contributed by atoms with Crippen LogP contribution < -0.4 is 4.74 Å². The fourth-order valence-corrected chi connectivity index (χ4v) is 2.52. The van der Waals surface area contributed by atoms with Gasteiger partial charge in [-0.3, -0.25) is 9.59 Å². The second-order valence-electron chi connectivity index (χ2n) is 6.35. The third-order valence-corrected chi connectivity index (χ3v) is 4.02. The molecule has 0 aliphatic rings. The summed E-state index contributed by atoms with van der Waals surface area (Å²) >= 11 is 0. The molecule has 0 saturated carbocycles. The lowest BCUT2D eigenvalue weighted by Crippen LogP contribution is -2.01. The van der Waals surface area contributed by atoms with Crippen molar-refractivity contribution in [2.75, 3.05) is 0 Å². The van der Waals surface area contributed by atoms with Gasteiger partial charge in [0.05, 0.1) is 6.42 Å². The molecular formula is C25H20O4. The molecule has 0 saturated heterocycles. The molecule has 3 aromatic carbocycles. The Hall–Kier alpha value is -3.92. The van der Waals surface area contributed by atoms with E-state index in [4.69, 9.17) is 4.74 Å². The fourth-order valence-electron chi connectivity index (χ4n) is 2.52. The molecular weight excluding hydrogens is 364 g/mol. The minimum absolute atomic E-state index is 0.161. The summed E-state index contributed by atoms with van der Waals surface area (Å²) < 4.78 is 5.72. The Morgan fingerprint density at radius 2 is 1.17 bits per heavy atom. The number of carbonyl (C=O) groups is 2. The Balaban J connectivity index is 1.50. The molecule has 0 heterocycles. The van der Waals surface area contributed by atoms with Crippen LogP contribution >= 0.6 is 0 Å². The van der Waals surface area contributed by atoms with Gasteiger partial charge in [0.1, 0.15) is 17.2 Å². The maximum atomic E-state index is 12.0. The zero-order chi connectivity index (χ0) is 20.5. The molecule has 3 aromatic rings. The Labute approximate surface area is 169 Å². The quantitative estimate of drug-likeness (QED) is 0.415. The van der Waals surface area contributed by atoms with E-state index in [9.17, 15) is 14.7 Å². The molecule has 0 atom stereocenters. The van der Waals surface area contributed by atoms with Crippen LogP contribution in [0.5, 0.6) is 17.2 Å². The van der Waals surface area contributed by atoms with Crippen molar-refractivity contribution in [1.82, 2.24) is 0 Å². The third kappa shape index (κ3) is 6.63. The van der Waals surface area contributed by atoms with E-state index in [2.05, 4.69) is 0 Å². The Morgan fingerprint density at radius 3 is 1.72 bits per heavy atom. The normalized spacial score (nSPS) is 11.0. The highest BCUT2D eigenvalue weighted by Gasteiger charge is 2.04. The smallest absolute Gasteiger partial charge is 0.163 e. The van der Waals surface area contributed by atoms with Crippen LogP contribution in [0.2, 0.25) is 0 Å². The number of ketones is 2. The van der Waals surface area contributed by atoms with Crippen LogP contribution in [0.3, 0.4) is 0 Å². The van der Waals surface area contributed by atoms with Crippen LogP contribution in [-0.2, 0) is 9.59 Å². The molecule has 3 rings (SSSR count). The molecule has 0 bridgehead atoms. The number of hydrogen-bond acceptors (Lipinski definition) is 4. The minimum atomic E-state index is -0.278. The molecule has 0 aromatic heterocycles. The highest BCUT2D eigenvalue weighted by molar-refractivity contribution is 6.10. The van der Waals surface area contributed by atoms with Gasteiger partial charge >= 0.3 is 0 Å². The van der Waals surface area contributed by atoms with Crippen molar-refractivity contribution in [3.8, 4) is 17.2 Å². The number of benzene rings is 3. The second-order valence-corrected chi connectivity index (χ2v) is 6.35. The number of rotatable bonds is 8. The molecule has 0 aliphatic carbocycles. The zero-order valence-electron chi connectivity index (χ0n) is 15.7. The Bertz CT molecular complexity index is 1010. The maximum Gasteiger partial charge on any atom is 0.163 e. The van der Waals surface area contributed by atoms with Gasteiger partial charge in [0.25, 0.3) is 0 Å².